The second kappa shape index (κ2) is 11.9. The summed E-state index contributed by atoms with van der Waals surface area (Å²) in [6, 6.07) is 65.8. The highest BCUT2D eigenvalue weighted by atomic mass is 16.5. The van der Waals surface area contributed by atoms with Crippen LogP contribution in [0.3, 0.4) is 0 Å². The van der Waals surface area contributed by atoms with Crippen molar-refractivity contribution in [3.8, 4) is 73.2 Å². The molecule has 0 amide bonds. The van der Waals surface area contributed by atoms with E-state index in [0.717, 1.165) is 78.7 Å². The van der Waals surface area contributed by atoms with Gasteiger partial charge in [-0.1, -0.05) is 133 Å². The zero-order valence-electron chi connectivity index (χ0n) is 27.7. The molecule has 0 aliphatic carbocycles. The predicted molar refractivity (Wildman–Crippen MR) is 209 cm³/mol. The number of fused-ring (bicyclic) bond motifs is 9. The summed E-state index contributed by atoms with van der Waals surface area (Å²) in [5.74, 6) is 3.08. The van der Waals surface area contributed by atoms with Crippen molar-refractivity contribution >= 4 is 21.8 Å². The average Bonchev–Trinajstić information content (AvgIpc) is 3.54. The Hall–Kier alpha value is -6.84. The van der Waals surface area contributed by atoms with Crippen molar-refractivity contribution in [2.45, 2.75) is 0 Å². The van der Waals surface area contributed by atoms with E-state index in [-0.39, 0.29) is 0 Å². The van der Waals surface area contributed by atoms with Gasteiger partial charge in [-0.3, -0.25) is 0 Å². The highest BCUT2D eigenvalue weighted by molar-refractivity contribution is 6.14. The first-order valence-corrected chi connectivity index (χ1v) is 17.3. The number of aromatic nitrogens is 1. The molecule has 0 spiro atoms. The molecule has 0 saturated carbocycles. The van der Waals surface area contributed by atoms with E-state index in [1.165, 1.54) is 16.3 Å². The van der Waals surface area contributed by atoms with Gasteiger partial charge in [-0.2, -0.15) is 0 Å². The zero-order valence-corrected chi connectivity index (χ0v) is 27.7. The van der Waals surface area contributed by atoms with Gasteiger partial charge in [-0.25, -0.2) is 0 Å². The summed E-state index contributed by atoms with van der Waals surface area (Å²) >= 11 is 0. The van der Waals surface area contributed by atoms with Crippen molar-refractivity contribution in [2.75, 3.05) is 0 Å². The summed E-state index contributed by atoms with van der Waals surface area (Å²) in [6.45, 7) is 0. The van der Waals surface area contributed by atoms with E-state index in [1.54, 1.807) is 0 Å². The van der Waals surface area contributed by atoms with E-state index < -0.39 is 0 Å². The van der Waals surface area contributed by atoms with Crippen LogP contribution in [0.2, 0.25) is 0 Å². The molecule has 0 bridgehead atoms. The third-order valence-electron chi connectivity index (χ3n) is 9.88. The average molecular weight is 654 g/mol. The maximum absolute atomic E-state index is 7.18. The molecule has 10 rings (SSSR count). The van der Waals surface area contributed by atoms with Crippen LogP contribution in [-0.2, 0) is 0 Å². The maximum atomic E-state index is 7.18. The molecule has 0 atom stereocenters. The molecule has 3 nitrogen and oxygen atoms in total. The minimum atomic E-state index is 0.758. The van der Waals surface area contributed by atoms with Crippen molar-refractivity contribution in [2.24, 2.45) is 0 Å². The number of hydrogen-bond donors (Lipinski definition) is 0. The topological polar surface area (TPSA) is 23.4 Å². The minimum Gasteiger partial charge on any atom is -0.456 e. The summed E-state index contributed by atoms with van der Waals surface area (Å²) in [7, 11) is 0. The van der Waals surface area contributed by atoms with Crippen LogP contribution in [0.5, 0.6) is 23.0 Å². The Morgan fingerprint density at radius 3 is 1.55 bits per heavy atom. The Morgan fingerprint density at radius 2 is 0.824 bits per heavy atom. The second-order valence-electron chi connectivity index (χ2n) is 12.9. The molecule has 0 unspecified atom stereocenters. The molecular formula is C48H31NO2. The highest BCUT2D eigenvalue weighted by Crippen LogP contribution is 2.49. The molecule has 0 N–H and O–H groups in total. The number of benzene rings is 8. The molecule has 51 heavy (non-hydrogen) atoms. The lowest BCUT2D eigenvalue weighted by atomic mass is 9.95. The molecular weight excluding hydrogens is 623 g/mol. The van der Waals surface area contributed by atoms with E-state index in [9.17, 15) is 0 Å². The lowest BCUT2D eigenvalue weighted by molar-refractivity contribution is 0.472. The Morgan fingerprint density at radius 1 is 0.314 bits per heavy atom. The van der Waals surface area contributed by atoms with E-state index in [0.29, 0.717) is 0 Å². The Labute approximate surface area is 296 Å². The molecule has 9 aromatic rings. The van der Waals surface area contributed by atoms with Crippen LogP contribution in [-0.4, -0.2) is 4.57 Å². The molecule has 0 radical (unpaired) electrons. The fourth-order valence-electron chi connectivity index (χ4n) is 7.53. The molecule has 3 heteroatoms. The first-order chi connectivity index (χ1) is 25.3. The van der Waals surface area contributed by atoms with Crippen LogP contribution in [0.15, 0.2) is 188 Å². The van der Waals surface area contributed by atoms with Gasteiger partial charge in [0.25, 0.3) is 0 Å². The van der Waals surface area contributed by atoms with Crippen LogP contribution in [0.25, 0.3) is 72.0 Å². The van der Waals surface area contributed by atoms with Gasteiger partial charge in [-0.05, 0) is 71.3 Å². The molecule has 1 aliphatic heterocycles. The van der Waals surface area contributed by atoms with Gasteiger partial charge in [-0.15, -0.1) is 0 Å². The van der Waals surface area contributed by atoms with E-state index in [1.807, 2.05) is 36.4 Å². The van der Waals surface area contributed by atoms with Crippen LogP contribution >= 0.6 is 0 Å². The van der Waals surface area contributed by atoms with Crippen molar-refractivity contribution in [1.82, 2.24) is 4.57 Å². The largest absolute Gasteiger partial charge is 0.456 e. The smallest absolute Gasteiger partial charge is 0.136 e. The molecule has 0 saturated heterocycles. The van der Waals surface area contributed by atoms with Crippen LogP contribution in [0, 0.1) is 0 Å². The molecule has 2 heterocycles. The van der Waals surface area contributed by atoms with Gasteiger partial charge in [0, 0.05) is 44.3 Å². The monoisotopic (exact) mass is 653 g/mol. The SMILES string of the molecule is c1ccc(-c2ccc3c(c2)Oc2cc(-c4cccc5c6ccccc6n(-c6ccccc6)c45)ccc2-c2ccccc2Oc2ccccc2-3)cc1. The highest BCUT2D eigenvalue weighted by Gasteiger charge is 2.23. The summed E-state index contributed by atoms with van der Waals surface area (Å²) in [5.41, 5.74) is 11.7. The summed E-state index contributed by atoms with van der Waals surface area (Å²) < 4.78 is 16.3. The van der Waals surface area contributed by atoms with Crippen LogP contribution in [0.4, 0.5) is 0 Å². The number of para-hydroxylation sites is 5. The number of hydrogen-bond acceptors (Lipinski definition) is 2. The van der Waals surface area contributed by atoms with E-state index in [4.69, 9.17) is 9.47 Å². The van der Waals surface area contributed by atoms with Gasteiger partial charge < -0.3 is 14.0 Å². The molecule has 8 aromatic carbocycles. The lowest BCUT2D eigenvalue weighted by Gasteiger charge is -2.22. The van der Waals surface area contributed by atoms with Gasteiger partial charge in [0.05, 0.1) is 11.0 Å². The third kappa shape index (κ3) is 4.90. The van der Waals surface area contributed by atoms with Gasteiger partial charge in [0.1, 0.15) is 23.0 Å². The predicted octanol–water partition coefficient (Wildman–Crippen LogP) is 13.3. The third-order valence-corrected chi connectivity index (χ3v) is 9.88. The summed E-state index contributed by atoms with van der Waals surface area (Å²) in [6.07, 6.45) is 0. The maximum Gasteiger partial charge on any atom is 0.136 e. The number of rotatable bonds is 3. The minimum absolute atomic E-state index is 0.758. The van der Waals surface area contributed by atoms with Crippen LogP contribution in [0.1, 0.15) is 0 Å². The zero-order chi connectivity index (χ0) is 33.7. The lowest BCUT2D eigenvalue weighted by Crippen LogP contribution is -1.99. The molecule has 240 valence electrons. The van der Waals surface area contributed by atoms with Crippen molar-refractivity contribution in [3.05, 3.63) is 188 Å². The summed E-state index contributed by atoms with van der Waals surface area (Å²) in [4.78, 5) is 0. The first-order valence-electron chi connectivity index (χ1n) is 17.3. The molecule has 1 aromatic heterocycles. The fraction of sp³-hybridized carbons (Fsp3) is 0. The normalized spacial score (nSPS) is 11.8. The van der Waals surface area contributed by atoms with E-state index >= 15 is 0 Å². The number of ether oxygens (including phenoxy) is 2. The molecule has 1 aliphatic rings. The van der Waals surface area contributed by atoms with E-state index in [2.05, 4.69) is 156 Å². The van der Waals surface area contributed by atoms with Crippen molar-refractivity contribution < 1.29 is 9.47 Å². The standard InChI is InChI=1S/C48H31NO2/c1-3-14-32(15-4-1)33-26-28-40-38-19-8-11-24-44(38)50-45-25-12-9-20-39(45)41-29-27-34(31-47(41)51-46(40)30-33)36-21-13-22-42-37-18-7-10-23-43(37)49(48(36)42)35-16-5-2-6-17-35/h1-31H. The Kier molecular flexibility index (Phi) is 6.81. The second-order valence-corrected chi connectivity index (χ2v) is 12.9. The number of nitrogens with zero attached hydrogens (tertiary/aromatic N) is 1. The van der Waals surface area contributed by atoms with Gasteiger partial charge in [0.2, 0.25) is 0 Å². The Balaban J connectivity index is 1.23. The first kappa shape index (κ1) is 29.1. The molecule has 0 fully saturated rings. The van der Waals surface area contributed by atoms with Crippen molar-refractivity contribution in [3.63, 3.8) is 0 Å². The van der Waals surface area contributed by atoms with Gasteiger partial charge in [0.15, 0.2) is 0 Å². The van der Waals surface area contributed by atoms with Crippen molar-refractivity contribution in [1.29, 1.82) is 0 Å². The van der Waals surface area contributed by atoms with Crippen LogP contribution < -0.4 is 9.47 Å². The quantitative estimate of drug-likeness (QED) is 0.189. The Bertz CT molecular complexity index is 2740. The summed E-state index contributed by atoms with van der Waals surface area (Å²) in [5, 5.41) is 2.43. The fourth-order valence-corrected chi connectivity index (χ4v) is 7.53. The van der Waals surface area contributed by atoms with Gasteiger partial charge >= 0.3 is 0 Å².